The summed E-state index contributed by atoms with van der Waals surface area (Å²) in [7, 11) is 0. The molecule has 2 N–H and O–H groups in total. The van der Waals surface area contributed by atoms with Gasteiger partial charge in [0.05, 0.1) is 5.56 Å². The number of nitrogens with one attached hydrogen (secondary N) is 2. The first-order chi connectivity index (χ1) is 10.6. The van der Waals surface area contributed by atoms with Gasteiger partial charge in [0.1, 0.15) is 0 Å². The molecule has 2 aromatic rings. The van der Waals surface area contributed by atoms with Crippen LogP contribution >= 0.6 is 0 Å². The third kappa shape index (κ3) is 2.76. The first-order valence-corrected chi connectivity index (χ1v) is 7.74. The fraction of sp³-hybridized carbons (Fsp3) is 0.412. The van der Waals surface area contributed by atoms with Crippen molar-refractivity contribution < 1.29 is 0 Å². The van der Waals surface area contributed by atoms with Gasteiger partial charge in [-0.05, 0) is 57.0 Å². The number of aromatic amines is 2. The Hall–Kier alpha value is -2.14. The predicted octanol–water partition coefficient (Wildman–Crippen LogP) is 2.20. The van der Waals surface area contributed by atoms with Crippen LogP contribution in [-0.4, -0.2) is 28.0 Å². The van der Waals surface area contributed by atoms with E-state index in [0.29, 0.717) is 17.3 Å². The number of hydrogen-bond acceptors (Lipinski definition) is 3. The van der Waals surface area contributed by atoms with Gasteiger partial charge < -0.3 is 4.98 Å². The first-order valence-electron chi connectivity index (χ1n) is 7.74. The molecule has 2 heterocycles. The molecule has 1 fully saturated rings. The minimum Gasteiger partial charge on any atom is -0.311 e. The van der Waals surface area contributed by atoms with Gasteiger partial charge in [0.25, 0.3) is 5.56 Å². The zero-order chi connectivity index (χ0) is 15.7. The molecule has 22 heavy (non-hydrogen) atoms. The highest BCUT2D eigenvalue weighted by molar-refractivity contribution is 5.65. The van der Waals surface area contributed by atoms with Crippen LogP contribution in [0.15, 0.2) is 33.9 Å². The lowest BCUT2D eigenvalue weighted by molar-refractivity contribution is 0.263. The standard InChI is InChI=1S/C17H21N3O2/c1-11-15(16(21)19-17(22)18-11)14-7-5-6-13(10-14)12(2)20-8-3-4-9-20/h5-7,10,12H,3-4,8-9H2,1-2H3,(H2,18,19,21,22)/t12-/m0/s1. The minimum atomic E-state index is -0.465. The van der Waals surface area contributed by atoms with Gasteiger partial charge in [-0.2, -0.15) is 0 Å². The summed E-state index contributed by atoms with van der Waals surface area (Å²) in [6.45, 7) is 6.21. The van der Waals surface area contributed by atoms with Crippen LogP contribution in [0.4, 0.5) is 0 Å². The van der Waals surface area contributed by atoms with Gasteiger partial charge in [-0.15, -0.1) is 0 Å². The zero-order valence-electron chi connectivity index (χ0n) is 13.0. The number of H-pyrrole nitrogens is 2. The van der Waals surface area contributed by atoms with Gasteiger partial charge in [-0.25, -0.2) is 4.79 Å². The summed E-state index contributed by atoms with van der Waals surface area (Å²) < 4.78 is 0. The second-order valence-electron chi connectivity index (χ2n) is 5.95. The van der Waals surface area contributed by atoms with Crippen LogP contribution in [0.25, 0.3) is 11.1 Å². The number of hydrogen-bond donors (Lipinski definition) is 2. The molecular weight excluding hydrogens is 278 g/mol. The molecule has 5 nitrogen and oxygen atoms in total. The van der Waals surface area contributed by atoms with E-state index in [4.69, 9.17) is 0 Å². The van der Waals surface area contributed by atoms with E-state index in [2.05, 4.69) is 33.9 Å². The quantitative estimate of drug-likeness (QED) is 0.913. The number of aryl methyl sites for hydroxylation is 1. The molecule has 0 radical (unpaired) electrons. The topological polar surface area (TPSA) is 69.0 Å². The van der Waals surface area contributed by atoms with E-state index in [1.807, 2.05) is 12.1 Å². The largest absolute Gasteiger partial charge is 0.325 e. The van der Waals surface area contributed by atoms with Crippen molar-refractivity contribution in [2.45, 2.75) is 32.7 Å². The fourth-order valence-electron chi connectivity index (χ4n) is 3.24. The molecule has 5 heteroatoms. The van der Waals surface area contributed by atoms with Gasteiger partial charge in [0, 0.05) is 11.7 Å². The molecule has 1 atom stereocenters. The molecule has 0 aliphatic carbocycles. The lowest BCUT2D eigenvalue weighted by atomic mass is 9.99. The summed E-state index contributed by atoms with van der Waals surface area (Å²) >= 11 is 0. The van der Waals surface area contributed by atoms with Crippen LogP contribution in [0.3, 0.4) is 0 Å². The Morgan fingerprint density at radius 2 is 1.86 bits per heavy atom. The van der Waals surface area contributed by atoms with Crippen molar-refractivity contribution >= 4 is 0 Å². The van der Waals surface area contributed by atoms with Crippen molar-refractivity contribution in [3.8, 4) is 11.1 Å². The van der Waals surface area contributed by atoms with Crippen molar-refractivity contribution in [3.05, 3.63) is 56.4 Å². The van der Waals surface area contributed by atoms with E-state index in [1.54, 1.807) is 6.92 Å². The van der Waals surface area contributed by atoms with Gasteiger partial charge in [0.2, 0.25) is 0 Å². The number of likely N-dealkylation sites (tertiary alicyclic amines) is 1. The second kappa shape index (κ2) is 5.93. The molecule has 0 saturated carbocycles. The van der Waals surface area contributed by atoms with Crippen LogP contribution < -0.4 is 11.2 Å². The third-order valence-corrected chi connectivity index (χ3v) is 4.48. The summed E-state index contributed by atoms with van der Waals surface area (Å²) in [5.74, 6) is 0. The Morgan fingerprint density at radius 1 is 1.14 bits per heavy atom. The van der Waals surface area contributed by atoms with Crippen molar-refractivity contribution in [3.63, 3.8) is 0 Å². The Morgan fingerprint density at radius 3 is 2.55 bits per heavy atom. The van der Waals surface area contributed by atoms with Crippen LogP contribution in [0.2, 0.25) is 0 Å². The monoisotopic (exact) mass is 299 g/mol. The SMILES string of the molecule is Cc1[nH]c(=O)[nH]c(=O)c1-c1cccc([C@H](C)N2CCCC2)c1. The van der Waals surface area contributed by atoms with Crippen molar-refractivity contribution in [2.24, 2.45) is 0 Å². The number of benzene rings is 1. The smallest absolute Gasteiger partial charge is 0.311 e. The van der Waals surface area contributed by atoms with Gasteiger partial charge in [0.15, 0.2) is 0 Å². The van der Waals surface area contributed by atoms with E-state index in [-0.39, 0.29) is 5.56 Å². The molecule has 1 aliphatic rings. The first kappa shape index (κ1) is 14.8. The Labute approximate surface area is 129 Å². The Bertz CT molecular complexity index is 785. The summed E-state index contributed by atoms with van der Waals surface area (Å²) in [6.07, 6.45) is 2.51. The molecule has 116 valence electrons. The molecule has 1 aliphatic heterocycles. The molecular formula is C17H21N3O2. The fourth-order valence-corrected chi connectivity index (χ4v) is 3.24. The van der Waals surface area contributed by atoms with Gasteiger partial charge >= 0.3 is 5.69 Å². The summed E-state index contributed by atoms with van der Waals surface area (Å²) in [5.41, 5.74) is 2.37. The van der Waals surface area contributed by atoms with E-state index >= 15 is 0 Å². The Balaban J connectivity index is 2.01. The second-order valence-corrected chi connectivity index (χ2v) is 5.95. The maximum atomic E-state index is 12.1. The number of rotatable bonds is 3. The molecule has 1 aromatic carbocycles. The third-order valence-electron chi connectivity index (χ3n) is 4.48. The highest BCUT2D eigenvalue weighted by Crippen LogP contribution is 2.27. The lowest BCUT2D eigenvalue weighted by Crippen LogP contribution is -2.25. The summed E-state index contributed by atoms with van der Waals surface area (Å²) in [6, 6.07) is 8.38. The Kier molecular flexibility index (Phi) is 3.98. The highest BCUT2D eigenvalue weighted by atomic mass is 16.2. The van der Waals surface area contributed by atoms with Crippen molar-refractivity contribution in [2.75, 3.05) is 13.1 Å². The summed E-state index contributed by atoms with van der Waals surface area (Å²) in [5, 5.41) is 0. The predicted molar refractivity (Wildman–Crippen MR) is 87.1 cm³/mol. The molecule has 0 unspecified atom stereocenters. The van der Waals surface area contributed by atoms with Crippen LogP contribution in [0.5, 0.6) is 0 Å². The van der Waals surface area contributed by atoms with Gasteiger partial charge in [-0.3, -0.25) is 14.7 Å². The molecule has 0 amide bonds. The van der Waals surface area contributed by atoms with E-state index in [1.165, 1.54) is 18.4 Å². The van der Waals surface area contributed by atoms with E-state index in [9.17, 15) is 9.59 Å². The highest BCUT2D eigenvalue weighted by Gasteiger charge is 2.20. The average molecular weight is 299 g/mol. The van der Waals surface area contributed by atoms with Gasteiger partial charge in [-0.1, -0.05) is 18.2 Å². The number of aromatic nitrogens is 2. The van der Waals surface area contributed by atoms with Crippen LogP contribution in [0, 0.1) is 6.92 Å². The van der Waals surface area contributed by atoms with E-state index in [0.717, 1.165) is 18.7 Å². The summed E-state index contributed by atoms with van der Waals surface area (Å²) in [4.78, 5) is 30.9. The van der Waals surface area contributed by atoms with Crippen LogP contribution in [0.1, 0.15) is 37.1 Å². The van der Waals surface area contributed by atoms with Crippen LogP contribution in [-0.2, 0) is 0 Å². The minimum absolute atomic E-state index is 0.338. The molecule has 1 saturated heterocycles. The van der Waals surface area contributed by atoms with Crippen molar-refractivity contribution in [1.82, 2.24) is 14.9 Å². The maximum Gasteiger partial charge on any atom is 0.325 e. The zero-order valence-corrected chi connectivity index (χ0v) is 13.0. The molecule has 0 bridgehead atoms. The molecule has 3 rings (SSSR count). The molecule has 1 aromatic heterocycles. The lowest BCUT2D eigenvalue weighted by Gasteiger charge is -2.24. The van der Waals surface area contributed by atoms with Crippen molar-refractivity contribution in [1.29, 1.82) is 0 Å². The normalized spacial score (nSPS) is 16.8. The average Bonchev–Trinajstić information content (AvgIpc) is 3.00. The number of nitrogens with zero attached hydrogens (tertiary/aromatic N) is 1. The van der Waals surface area contributed by atoms with E-state index < -0.39 is 5.69 Å². The molecule has 0 spiro atoms. The maximum absolute atomic E-state index is 12.1.